The number of carbonyl (C=O) groups is 1. The fourth-order valence-corrected chi connectivity index (χ4v) is 8.05. The van der Waals surface area contributed by atoms with E-state index in [9.17, 15) is 18.0 Å². The van der Waals surface area contributed by atoms with E-state index in [1.807, 2.05) is 29.2 Å². The number of likely N-dealkylation sites (tertiary alicyclic amines) is 1. The topological polar surface area (TPSA) is 114 Å². The molecule has 3 aromatic heterocycles. The molecule has 8 rings (SSSR count). The van der Waals surface area contributed by atoms with Crippen molar-refractivity contribution in [2.24, 2.45) is 0 Å². The number of fused-ring (bicyclic) bond motifs is 3. The van der Waals surface area contributed by atoms with Crippen LogP contribution in [0.25, 0.3) is 39.0 Å². The Labute approximate surface area is 300 Å². The van der Waals surface area contributed by atoms with Crippen molar-refractivity contribution in [1.82, 2.24) is 34.9 Å². The van der Waals surface area contributed by atoms with E-state index in [0.717, 1.165) is 24.8 Å². The number of likely N-dealkylation sites (N-methyl/N-ethyl adjacent to an activating group) is 1. The molecule has 3 atom stereocenters. The summed E-state index contributed by atoms with van der Waals surface area (Å²) in [6.45, 7) is 1.96. The van der Waals surface area contributed by atoms with Gasteiger partial charge >= 0.3 is 12.4 Å². The molecule has 11 nitrogen and oxygen atoms in total. The van der Waals surface area contributed by atoms with E-state index in [2.05, 4.69) is 25.0 Å². The summed E-state index contributed by atoms with van der Waals surface area (Å²) in [6.07, 6.45) is 2.66. The molecule has 3 fully saturated rings. The molecule has 270 valence electrons. The molecule has 3 saturated heterocycles. The first-order chi connectivity index (χ1) is 25.1. The standard InChI is InChI=1S/C36H33ClF4N8O3/c1-47(22-11-14-48(18-22)27(50)10-9-26-43-33(32(40)41)46-52-26)34-24-16-42-30(23-7-2-5-20-6-3-8-25(37)28(20)23)29(39)31(24)44-35(45-34)51-19-36-12-4-13-49(36)17-21(38)15-36/h2-3,5-10,16,21-22,32H,4,11-15,17-19H2,1H3/b10-9+/t21-,22?,36+/m1/s1. The molecule has 16 heteroatoms. The summed E-state index contributed by atoms with van der Waals surface area (Å²) in [4.78, 5) is 36.0. The van der Waals surface area contributed by atoms with Gasteiger partial charge in [0.1, 0.15) is 29.8 Å². The second-order valence-electron chi connectivity index (χ2n) is 13.5. The van der Waals surface area contributed by atoms with Crippen molar-refractivity contribution in [3.05, 3.63) is 71.2 Å². The normalized spacial score (nSPS) is 22.0. The van der Waals surface area contributed by atoms with Crippen LogP contribution in [-0.2, 0) is 4.79 Å². The van der Waals surface area contributed by atoms with Crippen LogP contribution >= 0.6 is 11.6 Å². The number of amides is 1. The summed E-state index contributed by atoms with van der Waals surface area (Å²) in [5, 5.41) is 5.46. The van der Waals surface area contributed by atoms with E-state index in [4.69, 9.17) is 25.8 Å². The van der Waals surface area contributed by atoms with E-state index in [0.29, 0.717) is 53.1 Å². The van der Waals surface area contributed by atoms with Crippen molar-refractivity contribution < 1.29 is 31.6 Å². The van der Waals surface area contributed by atoms with Crippen LogP contribution in [0.3, 0.4) is 0 Å². The monoisotopic (exact) mass is 736 g/mol. The summed E-state index contributed by atoms with van der Waals surface area (Å²) in [6, 6.07) is 10.6. The Kier molecular flexibility index (Phi) is 8.94. The Morgan fingerprint density at radius 2 is 2.00 bits per heavy atom. The highest BCUT2D eigenvalue weighted by atomic mass is 35.5. The van der Waals surface area contributed by atoms with E-state index in [-0.39, 0.29) is 48.2 Å². The molecule has 3 aliphatic rings. The Balaban J connectivity index is 1.12. The maximum Gasteiger partial charge on any atom is 0.319 e. The first-order valence-electron chi connectivity index (χ1n) is 17.0. The van der Waals surface area contributed by atoms with Gasteiger partial charge in [0.05, 0.1) is 10.9 Å². The highest BCUT2D eigenvalue weighted by Gasteiger charge is 2.49. The zero-order chi connectivity index (χ0) is 36.1. The molecule has 0 N–H and O–H groups in total. The number of halogens is 5. The molecule has 1 amide bonds. The maximum absolute atomic E-state index is 16.8. The number of pyridine rings is 1. The van der Waals surface area contributed by atoms with Gasteiger partial charge in [-0.3, -0.25) is 14.7 Å². The molecule has 1 unspecified atom stereocenters. The number of hydrogen-bond donors (Lipinski definition) is 0. The first kappa shape index (κ1) is 34.2. The van der Waals surface area contributed by atoms with E-state index < -0.39 is 29.8 Å². The summed E-state index contributed by atoms with van der Waals surface area (Å²) >= 11 is 6.60. The van der Waals surface area contributed by atoms with Crippen molar-refractivity contribution in [1.29, 1.82) is 0 Å². The largest absolute Gasteiger partial charge is 0.461 e. The third kappa shape index (κ3) is 6.19. The zero-order valence-electron chi connectivity index (χ0n) is 28.0. The minimum absolute atomic E-state index is 0.00642. The van der Waals surface area contributed by atoms with Crippen LogP contribution in [0, 0.1) is 5.82 Å². The van der Waals surface area contributed by atoms with Crippen LogP contribution in [0.2, 0.25) is 5.02 Å². The third-order valence-electron chi connectivity index (χ3n) is 10.4. The van der Waals surface area contributed by atoms with Crippen LogP contribution in [0.15, 0.2) is 53.2 Å². The molecule has 6 heterocycles. The summed E-state index contributed by atoms with van der Waals surface area (Å²) in [5.41, 5.74) is 0.0800. The van der Waals surface area contributed by atoms with Gasteiger partial charge < -0.3 is 19.1 Å². The van der Waals surface area contributed by atoms with Gasteiger partial charge in [-0.05, 0) is 37.3 Å². The number of nitrogens with zero attached hydrogens (tertiary/aromatic N) is 8. The number of aromatic nitrogens is 5. The average molecular weight is 737 g/mol. The molecular weight excluding hydrogens is 704 g/mol. The molecule has 0 aliphatic carbocycles. The van der Waals surface area contributed by atoms with Gasteiger partial charge in [-0.15, -0.1) is 0 Å². The van der Waals surface area contributed by atoms with E-state index in [1.54, 1.807) is 24.1 Å². The van der Waals surface area contributed by atoms with Crippen LogP contribution < -0.4 is 9.64 Å². The number of ether oxygens (including phenoxy) is 1. The summed E-state index contributed by atoms with van der Waals surface area (Å²) in [5.74, 6) is -1.68. The lowest BCUT2D eigenvalue weighted by Crippen LogP contribution is -2.43. The fourth-order valence-electron chi connectivity index (χ4n) is 7.77. The second-order valence-corrected chi connectivity index (χ2v) is 13.9. The molecule has 2 aromatic carbocycles. The van der Waals surface area contributed by atoms with Crippen LogP contribution in [-0.4, -0.2) is 98.4 Å². The van der Waals surface area contributed by atoms with Crippen LogP contribution in [0.5, 0.6) is 6.01 Å². The minimum atomic E-state index is -2.89. The number of hydrogen-bond acceptors (Lipinski definition) is 10. The van der Waals surface area contributed by atoms with Gasteiger partial charge in [0.2, 0.25) is 11.7 Å². The van der Waals surface area contributed by atoms with Crippen LogP contribution in [0.4, 0.5) is 23.4 Å². The van der Waals surface area contributed by atoms with Crippen LogP contribution in [0.1, 0.15) is 43.8 Å². The highest BCUT2D eigenvalue weighted by Crippen LogP contribution is 2.41. The lowest BCUT2D eigenvalue weighted by atomic mass is 9.95. The fraction of sp³-hybridized carbons (Fsp3) is 0.389. The lowest BCUT2D eigenvalue weighted by molar-refractivity contribution is -0.124. The molecule has 5 aromatic rings. The summed E-state index contributed by atoms with van der Waals surface area (Å²) in [7, 11) is 1.79. The predicted molar refractivity (Wildman–Crippen MR) is 185 cm³/mol. The smallest absolute Gasteiger partial charge is 0.319 e. The SMILES string of the molecule is CN(c1nc(OC[C@@]23CCCN2C[C@H](F)C3)nc2c(F)c(-c3cccc4cccc(Cl)c34)ncc12)C1CCN(C(=O)/C=C/c2nc(C(F)F)no2)C1. The Morgan fingerprint density at radius 1 is 1.17 bits per heavy atom. The van der Waals surface area contributed by atoms with Crippen molar-refractivity contribution in [3.8, 4) is 17.3 Å². The van der Waals surface area contributed by atoms with Gasteiger partial charge in [0.15, 0.2) is 5.82 Å². The third-order valence-corrected chi connectivity index (χ3v) is 10.7. The second kappa shape index (κ2) is 13.6. The van der Waals surface area contributed by atoms with Crippen molar-refractivity contribution in [2.75, 3.05) is 44.7 Å². The Hall–Kier alpha value is -4.89. The van der Waals surface area contributed by atoms with Gasteiger partial charge in [-0.2, -0.15) is 15.0 Å². The number of anilines is 1. The number of benzene rings is 2. The number of rotatable bonds is 9. The van der Waals surface area contributed by atoms with Gasteiger partial charge in [-0.25, -0.2) is 17.6 Å². The molecule has 3 aliphatic heterocycles. The quantitative estimate of drug-likeness (QED) is 0.120. The molecular formula is C36H33ClF4N8O3. The Morgan fingerprint density at radius 3 is 2.81 bits per heavy atom. The van der Waals surface area contributed by atoms with Gasteiger partial charge in [0, 0.05) is 73.5 Å². The first-order valence-corrected chi connectivity index (χ1v) is 17.4. The van der Waals surface area contributed by atoms with Crippen molar-refractivity contribution >= 4 is 51.1 Å². The molecule has 0 radical (unpaired) electrons. The summed E-state index contributed by atoms with van der Waals surface area (Å²) < 4.78 is 68.0. The van der Waals surface area contributed by atoms with Gasteiger partial charge in [0.25, 0.3) is 5.89 Å². The Bertz CT molecular complexity index is 2200. The number of carbonyl (C=O) groups excluding carboxylic acids is 1. The predicted octanol–water partition coefficient (Wildman–Crippen LogP) is 6.66. The minimum Gasteiger partial charge on any atom is -0.461 e. The lowest BCUT2D eigenvalue weighted by Gasteiger charge is -2.31. The average Bonchev–Trinajstić information content (AvgIpc) is 3.94. The molecule has 52 heavy (non-hydrogen) atoms. The molecule has 0 saturated carbocycles. The maximum atomic E-state index is 16.8. The van der Waals surface area contributed by atoms with Gasteiger partial charge in [-0.1, -0.05) is 47.1 Å². The molecule has 0 spiro atoms. The molecule has 0 bridgehead atoms. The number of alkyl halides is 3. The van der Waals surface area contributed by atoms with E-state index in [1.165, 1.54) is 18.3 Å². The van der Waals surface area contributed by atoms with E-state index >= 15 is 4.39 Å². The zero-order valence-corrected chi connectivity index (χ0v) is 28.7. The van der Waals surface area contributed by atoms with Crippen molar-refractivity contribution in [3.63, 3.8) is 0 Å². The highest BCUT2D eigenvalue weighted by molar-refractivity contribution is 6.36. The van der Waals surface area contributed by atoms with Crippen molar-refractivity contribution in [2.45, 2.75) is 49.9 Å².